The smallest absolute Gasteiger partial charge is 0.0987 e. The maximum atomic E-state index is 2.45. The molecule has 0 N–H and O–H groups in total. The van der Waals surface area contributed by atoms with Crippen molar-refractivity contribution in [1.29, 1.82) is 0 Å². The number of nitrogens with zero attached hydrogens (tertiary/aromatic N) is 1. The first-order valence-electron chi connectivity index (χ1n) is 9.98. The fraction of sp³-hybridized carbons (Fsp3) is 1.00. The quantitative estimate of drug-likeness (QED) is 0.318. The minimum Gasteiger partial charge on any atom is -0.319 e. The SMILES string of the molecule is CCCC[N+](CCCC)(CCCC)C(CC)(CC)CCC. The van der Waals surface area contributed by atoms with Gasteiger partial charge in [-0.2, -0.15) is 0 Å². The normalized spacial score (nSPS) is 12.9. The second-order valence-corrected chi connectivity index (χ2v) is 7.06. The largest absolute Gasteiger partial charge is 0.319 e. The van der Waals surface area contributed by atoms with Crippen molar-refractivity contribution in [2.75, 3.05) is 19.6 Å². The molecule has 0 aliphatic heterocycles. The van der Waals surface area contributed by atoms with Crippen LogP contribution in [0.4, 0.5) is 0 Å². The number of rotatable bonds is 14. The summed E-state index contributed by atoms with van der Waals surface area (Å²) in [6, 6.07) is 0. The molecule has 0 heterocycles. The lowest BCUT2D eigenvalue weighted by atomic mass is 9.81. The molecule has 0 aromatic rings. The lowest BCUT2D eigenvalue weighted by molar-refractivity contribution is -0.978. The monoisotopic (exact) mass is 298 g/mol. The van der Waals surface area contributed by atoms with Gasteiger partial charge in [0.25, 0.3) is 0 Å². The van der Waals surface area contributed by atoms with Crippen molar-refractivity contribution < 1.29 is 4.48 Å². The van der Waals surface area contributed by atoms with Crippen molar-refractivity contribution in [2.45, 2.75) is 111 Å². The van der Waals surface area contributed by atoms with Crippen molar-refractivity contribution in [2.24, 2.45) is 0 Å². The van der Waals surface area contributed by atoms with Crippen LogP contribution in [-0.2, 0) is 0 Å². The Morgan fingerprint density at radius 2 is 0.952 bits per heavy atom. The Morgan fingerprint density at radius 1 is 0.571 bits per heavy atom. The molecule has 0 bridgehead atoms. The first-order valence-corrected chi connectivity index (χ1v) is 9.98. The highest BCUT2D eigenvalue weighted by molar-refractivity contribution is 4.80. The molecule has 0 radical (unpaired) electrons. The molecule has 0 saturated heterocycles. The Hall–Kier alpha value is -0.0400. The molecular formula is C20H44N+. The fourth-order valence-electron chi connectivity index (χ4n) is 4.41. The third kappa shape index (κ3) is 5.58. The van der Waals surface area contributed by atoms with E-state index in [1.54, 1.807) is 0 Å². The Kier molecular flexibility index (Phi) is 11.5. The van der Waals surface area contributed by atoms with Gasteiger partial charge in [-0.3, -0.25) is 0 Å². The Bertz CT molecular complexity index is 208. The van der Waals surface area contributed by atoms with Crippen LogP contribution in [0.3, 0.4) is 0 Å². The number of hydrogen-bond donors (Lipinski definition) is 0. The van der Waals surface area contributed by atoms with Crippen LogP contribution < -0.4 is 0 Å². The number of unbranched alkanes of at least 4 members (excludes halogenated alkanes) is 3. The van der Waals surface area contributed by atoms with Crippen LogP contribution in [-0.4, -0.2) is 29.7 Å². The zero-order valence-electron chi connectivity index (χ0n) is 16.1. The third-order valence-electron chi connectivity index (χ3n) is 5.86. The summed E-state index contributed by atoms with van der Waals surface area (Å²) in [6.07, 6.45) is 13.7. The van der Waals surface area contributed by atoms with E-state index in [0.29, 0.717) is 5.54 Å². The van der Waals surface area contributed by atoms with Gasteiger partial charge in [-0.05, 0) is 32.1 Å². The van der Waals surface area contributed by atoms with Crippen LogP contribution in [0.5, 0.6) is 0 Å². The molecular weight excluding hydrogens is 254 g/mol. The molecule has 0 unspecified atom stereocenters. The maximum Gasteiger partial charge on any atom is 0.0987 e. The summed E-state index contributed by atoms with van der Waals surface area (Å²) < 4.78 is 1.42. The zero-order valence-corrected chi connectivity index (χ0v) is 16.1. The lowest BCUT2D eigenvalue weighted by Crippen LogP contribution is -2.65. The van der Waals surface area contributed by atoms with Gasteiger partial charge >= 0.3 is 0 Å². The molecule has 1 nitrogen and oxygen atoms in total. The first kappa shape index (κ1) is 21.0. The van der Waals surface area contributed by atoms with Crippen molar-refractivity contribution in [3.8, 4) is 0 Å². The Morgan fingerprint density at radius 3 is 1.19 bits per heavy atom. The number of quaternary nitrogens is 1. The molecule has 0 saturated carbocycles. The van der Waals surface area contributed by atoms with E-state index >= 15 is 0 Å². The van der Waals surface area contributed by atoms with E-state index in [2.05, 4.69) is 41.5 Å². The van der Waals surface area contributed by atoms with Gasteiger partial charge in [-0.15, -0.1) is 0 Å². The second kappa shape index (κ2) is 11.5. The minimum absolute atomic E-state index is 0.536. The zero-order chi connectivity index (χ0) is 16.2. The van der Waals surface area contributed by atoms with Crippen LogP contribution in [0.15, 0.2) is 0 Å². The summed E-state index contributed by atoms with van der Waals surface area (Å²) in [5.41, 5.74) is 0.536. The molecule has 1 heteroatoms. The van der Waals surface area contributed by atoms with Crippen molar-refractivity contribution in [3.05, 3.63) is 0 Å². The van der Waals surface area contributed by atoms with Gasteiger partial charge in [0, 0.05) is 6.42 Å². The molecule has 0 aliphatic rings. The van der Waals surface area contributed by atoms with Gasteiger partial charge in [0.1, 0.15) is 0 Å². The van der Waals surface area contributed by atoms with Gasteiger partial charge in [0.05, 0.1) is 25.2 Å². The molecule has 0 rings (SSSR count). The summed E-state index contributed by atoms with van der Waals surface area (Å²) in [4.78, 5) is 0. The van der Waals surface area contributed by atoms with Gasteiger partial charge < -0.3 is 4.48 Å². The molecule has 0 spiro atoms. The van der Waals surface area contributed by atoms with Gasteiger partial charge in [-0.1, -0.05) is 67.2 Å². The third-order valence-corrected chi connectivity index (χ3v) is 5.86. The predicted octanol–water partition coefficient (Wildman–Crippen LogP) is 6.56. The van der Waals surface area contributed by atoms with E-state index in [4.69, 9.17) is 0 Å². The summed E-state index contributed by atoms with van der Waals surface area (Å²) in [7, 11) is 0. The van der Waals surface area contributed by atoms with Crippen LogP contribution in [0.25, 0.3) is 0 Å². The molecule has 0 aromatic carbocycles. The van der Waals surface area contributed by atoms with Crippen molar-refractivity contribution in [3.63, 3.8) is 0 Å². The second-order valence-electron chi connectivity index (χ2n) is 7.06. The summed E-state index contributed by atoms with van der Waals surface area (Å²) in [5, 5.41) is 0. The van der Waals surface area contributed by atoms with Crippen LogP contribution in [0.2, 0.25) is 0 Å². The van der Waals surface area contributed by atoms with Gasteiger partial charge in [0.2, 0.25) is 0 Å². The standard InChI is InChI=1S/C20H44N/c1-7-13-17-21(18-14-8-2,19-15-9-3)20(11-5,12-6)16-10-4/h7-19H2,1-6H3/q+1. The van der Waals surface area contributed by atoms with Crippen LogP contribution in [0.1, 0.15) is 106 Å². The minimum atomic E-state index is 0.536. The lowest BCUT2D eigenvalue weighted by Gasteiger charge is -2.54. The van der Waals surface area contributed by atoms with E-state index in [1.807, 2.05) is 0 Å². The van der Waals surface area contributed by atoms with E-state index in [1.165, 1.54) is 88.3 Å². The first-order chi connectivity index (χ1) is 10.1. The fourth-order valence-corrected chi connectivity index (χ4v) is 4.41. The maximum absolute atomic E-state index is 2.45. The molecule has 0 amide bonds. The van der Waals surface area contributed by atoms with Crippen LogP contribution >= 0.6 is 0 Å². The number of hydrogen-bond acceptors (Lipinski definition) is 0. The average molecular weight is 299 g/mol. The van der Waals surface area contributed by atoms with E-state index in [0.717, 1.165) is 0 Å². The Labute approximate surface area is 136 Å². The molecule has 0 aromatic heterocycles. The summed E-state index contributed by atoms with van der Waals surface area (Å²) in [5.74, 6) is 0. The summed E-state index contributed by atoms with van der Waals surface area (Å²) in [6.45, 7) is 18.6. The van der Waals surface area contributed by atoms with Crippen molar-refractivity contribution >= 4 is 0 Å². The summed E-state index contributed by atoms with van der Waals surface area (Å²) >= 11 is 0. The predicted molar refractivity (Wildman–Crippen MR) is 97.8 cm³/mol. The topological polar surface area (TPSA) is 0 Å². The van der Waals surface area contributed by atoms with Crippen LogP contribution in [0, 0.1) is 0 Å². The van der Waals surface area contributed by atoms with E-state index < -0.39 is 0 Å². The molecule has 128 valence electrons. The molecule has 0 atom stereocenters. The highest BCUT2D eigenvalue weighted by Crippen LogP contribution is 2.38. The van der Waals surface area contributed by atoms with E-state index in [9.17, 15) is 0 Å². The van der Waals surface area contributed by atoms with E-state index in [-0.39, 0.29) is 0 Å². The molecule has 21 heavy (non-hydrogen) atoms. The molecule has 0 fully saturated rings. The average Bonchev–Trinajstić information content (AvgIpc) is 2.52. The highest BCUT2D eigenvalue weighted by Gasteiger charge is 2.46. The molecule has 0 aliphatic carbocycles. The van der Waals surface area contributed by atoms with Crippen molar-refractivity contribution in [1.82, 2.24) is 0 Å². The van der Waals surface area contributed by atoms with Gasteiger partial charge in [0.15, 0.2) is 0 Å². The Balaban J connectivity index is 5.50. The van der Waals surface area contributed by atoms with Gasteiger partial charge in [-0.25, -0.2) is 0 Å². The highest BCUT2D eigenvalue weighted by atomic mass is 15.4.